The molecule has 1 amide bonds. The largest absolute Gasteiger partial charge is 0.347 e. The predicted molar refractivity (Wildman–Crippen MR) is 89.1 cm³/mol. The molecular formula is C15H20BrN5O. The van der Waals surface area contributed by atoms with Crippen molar-refractivity contribution in [3.63, 3.8) is 0 Å². The highest BCUT2D eigenvalue weighted by atomic mass is 79.9. The first-order valence-electron chi connectivity index (χ1n) is 7.25. The van der Waals surface area contributed by atoms with Crippen LogP contribution in [0.3, 0.4) is 0 Å². The maximum atomic E-state index is 11.9. The summed E-state index contributed by atoms with van der Waals surface area (Å²) in [5, 5.41) is 11.4. The van der Waals surface area contributed by atoms with Gasteiger partial charge < -0.3 is 5.32 Å². The molecule has 0 aromatic carbocycles. The molecule has 0 saturated heterocycles. The van der Waals surface area contributed by atoms with Crippen molar-refractivity contribution in [1.82, 2.24) is 24.9 Å². The Morgan fingerprint density at radius 2 is 2.18 bits per heavy atom. The molecule has 22 heavy (non-hydrogen) atoms. The highest BCUT2D eigenvalue weighted by Gasteiger charge is 2.07. The van der Waals surface area contributed by atoms with Crippen molar-refractivity contribution in [3.05, 3.63) is 39.9 Å². The van der Waals surface area contributed by atoms with Crippen molar-refractivity contribution < 1.29 is 4.79 Å². The first-order valence-corrected chi connectivity index (χ1v) is 8.04. The summed E-state index contributed by atoms with van der Waals surface area (Å²) in [5.41, 5.74) is 2.82. The van der Waals surface area contributed by atoms with E-state index in [1.165, 1.54) is 6.08 Å². The maximum absolute atomic E-state index is 11.9. The van der Waals surface area contributed by atoms with Gasteiger partial charge in [0.25, 0.3) is 0 Å². The molecule has 1 N–H and O–H groups in total. The van der Waals surface area contributed by atoms with Gasteiger partial charge in [-0.3, -0.25) is 14.2 Å². The predicted octanol–water partition coefficient (Wildman–Crippen LogP) is 2.52. The van der Waals surface area contributed by atoms with Crippen molar-refractivity contribution in [2.45, 2.75) is 40.4 Å². The smallest absolute Gasteiger partial charge is 0.244 e. The molecule has 0 aliphatic carbocycles. The van der Waals surface area contributed by atoms with E-state index in [9.17, 15) is 4.79 Å². The van der Waals surface area contributed by atoms with Gasteiger partial charge in [0.05, 0.1) is 22.9 Å². The number of amides is 1. The van der Waals surface area contributed by atoms with Crippen molar-refractivity contribution in [1.29, 1.82) is 0 Å². The van der Waals surface area contributed by atoms with E-state index < -0.39 is 0 Å². The lowest BCUT2D eigenvalue weighted by Gasteiger charge is -2.00. The number of aryl methyl sites for hydroxylation is 2. The van der Waals surface area contributed by atoms with Crippen LogP contribution in [-0.2, 0) is 24.4 Å². The van der Waals surface area contributed by atoms with Crippen LogP contribution in [0.1, 0.15) is 30.8 Å². The van der Waals surface area contributed by atoms with Gasteiger partial charge >= 0.3 is 0 Å². The van der Waals surface area contributed by atoms with Crippen molar-refractivity contribution in [2.75, 3.05) is 0 Å². The zero-order valence-corrected chi connectivity index (χ0v) is 14.6. The number of carbonyl (C=O) groups is 1. The van der Waals surface area contributed by atoms with Gasteiger partial charge in [-0.25, -0.2) is 0 Å². The second-order valence-corrected chi connectivity index (χ2v) is 5.69. The topological polar surface area (TPSA) is 64.7 Å². The van der Waals surface area contributed by atoms with Crippen LogP contribution in [0.15, 0.2) is 22.9 Å². The Kier molecular flexibility index (Phi) is 5.54. The fourth-order valence-electron chi connectivity index (χ4n) is 2.06. The summed E-state index contributed by atoms with van der Waals surface area (Å²) < 4.78 is 4.62. The first kappa shape index (κ1) is 16.5. The lowest BCUT2D eigenvalue weighted by Crippen LogP contribution is -2.20. The van der Waals surface area contributed by atoms with E-state index in [-0.39, 0.29) is 5.91 Å². The summed E-state index contributed by atoms with van der Waals surface area (Å²) in [6.45, 7) is 8.05. The second kappa shape index (κ2) is 7.40. The van der Waals surface area contributed by atoms with Gasteiger partial charge in [-0.15, -0.1) is 0 Å². The third kappa shape index (κ3) is 3.85. The molecule has 0 fully saturated rings. The Morgan fingerprint density at radius 1 is 1.41 bits per heavy atom. The molecule has 0 spiro atoms. The quantitative estimate of drug-likeness (QED) is 0.799. The van der Waals surface area contributed by atoms with Crippen LogP contribution in [0, 0.1) is 6.92 Å². The van der Waals surface area contributed by atoms with E-state index in [0.717, 1.165) is 34.5 Å². The number of halogens is 1. The normalized spacial score (nSPS) is 11.3. The highest BCUT2D eigenvalue weighted by molar-refractivity contribution is 9.10. The third-order valence-corrected chi connectivity index (χ3v) is 4.06. The Bertz CT molecular complexity index is 686. The molecule has 0 bridgehead atoms. The Hall–Kier alpha value is -1.89. The van der Waals surface area contributed by atoms with E-state index in [2.05, 4.69) is 31.4 Å². The summed E-state index contributed by atoms with van der Waals surface area (Å²) in [6, 6.07) is 0. The fraction of sp³-hybridized carbons (Fsp3) is 0.400. The van der Waals surface area contributed by atoms with Gasteiger partial charge in [0, 0.05) is 36.6 Å². The van der Waals surface area contributed by atoms with E-state index in [1.807, 2.05) is 36.3 Å². The van der Waals surface area contributed by atoms with Crippen LogP contribution in [0.25, 0.3) is 6.08 Å². The average molecular weight is 366 g/mol. The molecule has 0 aliphatic rings. The maximum Gasteiger partial charge on any atom is 0.244 e. The summed E-state index contributed by atoms with van der Waals surface area (Å²) in [6.07, 6.45) is 6.97. The van der Waals surface area contributed by atoms with Crippen LogP contribution < -0.4 is 5.32 Å². The summed E-state index contributed by atoms with van der Waals surface area (Å²) >= 11 is 3.44. The molecular weight excluding hydrogens is 346 g/mol. The molecule has 0 unspecified atom stereocenters. The third-order valence-electron chi connectivity index (χ3n) is 3.40. The standard InChI is InChI=1S/C15H20BrN5O/c1-4-20-10-13(16)14(19-20)9-17-15(22)7-6-12-8-18-21(5-2)11(12)3/h6-8,10H,4-5,9H2,1-3H3,(H,17,22)/b7-6+. The average Bonchev–Trinajstić information content (AvgIpc) is 3.05. The zero-order valence-electron chi connectivity index (χ0n) is 13.0. The van der Waals surface area contributed by atoms with Gasteiger partial charge in [-0.05, 0) is 42.8 Å². The monoisotopic (exact) mass is 365 g/mol. The van der Waals surface area contributed by atoms with Gasteiger partial charge in [-0.2, -0.15) is 10.2 Å². The van der Waals surface area contributed by atoms with Crippen LogP contribution in [0.4, 0.5) is 0 Å². The number of hydrogen-bond donors (Lipinski definition) is 1. The number of carbonyl (C=O) groups excluding carboxylic acids is 1. The van der Waals surface area contributed by atoms with E-state index in [4.69, 9.17) is 0 Å². The summed E-state index contributed by atoms with van der Waals surface area (Å²) in [4.78, 5) is 11.9. The number of nitrogens with zero attached hydrogens (tertiary/aromatic N) is 4. The fourth-order valence-corrected chi connectivity index (χ4v) is 2.51. The molecule has 0 radical (unpaired) electrons. The minimum absolute atomic E-state index is 0.151. The molecule has 7 heteroatoms. The lowest BCUT2D eigenvalue weighted by molar-refractivity contribution is -0.116. The molecule has 0 aliphatic heterocycles. The molecule has 0 saturated carbocycles. The molecule has 2 heterocycles. The van der Waals surface area contributed by atoms with Crippen molar-refractivity contribution >= 4 is 27.9 Å². The van der Waals surface area contributed by atoms with E-state index in [0.29, 0.717) is 6.54 Å². The summed E-state index contributed by atoms with van der Waals surface area (Å²) in [7, 11) is 0. The van der Waals surface area contributed by atoms with E-state index in [1.54, 1.807) is 12.3 Å². The Morgan fingerprint density at radius 3 is 2.77 bits per heavy atom. The summed E-state index contributed by atoms with van der Waals surface area (Å²) in [5.74, 6) is -0.151. The number of aromatic nitrogens is 4. The Labute approximate surface area is 138 Å². The van der Waals surface area contributed by atoms with Gasteiger partial charge in [0.15, 0.2) is 0 Å². The van der Waals surface area contributed by atoms with Gasteiger partial charge in [-0.1, -0.05) is 0 Å². The second-order valence-electron chi connectivity index (χ2n) is 4.83. The highest BCUT2D eigenvalue weighted by Crippen LogP contribution is 2.14. The van der Waals surface area contributed by atoms with Gasteiger partial charge in [0.1, 0.15) is 0 Å². The Balaban J connectivity index is 1.93. The number of hydrogen-bond acceptors (Lipinski definition) is 3. The first-order chi connectivity index (χ1) is 10.5. The lowest BCUT2D eigenvalue weighted by atomic mass is 10.2. The van der Waals surface area contributed by atoms with Crippen molar-refractivity contribution in [2.24, 2.45) is 0 Å². The molecule has 2 aromatic rings. The van der Waals surface area contributed by atoms with Crippen molar-refractivity contribution in [3.8, 4) is 0 Å². The molecule has 118 valence electrons. The number of nitrogens with one attached hydrogen (secondary N) is 1. The molecule has 6 nitrogen and oxygen atoms in total. The minimum Gasteiger partial charge on any atom is -0.347 e. The van der Waals surface area contributed by atoms with Crippen LogP contribution in [0.5, 0.6) is 0 Å². The SMILES string of the molecule is CCn1cc(Br)c(CNC(=O)/C=C/c2cnn(CC)c2C)n1. The van der Waals surface area contributed by atoms with Crippen LogP contribution in [0.2, 0.25) is 0 Å². The van der Waals surface area contributed by atoms with Crippen LogP contribution >= 0.6 is 15.9 Å². The minimum atomic E-state index is -0.151. The molecule has 0 atom stereocenters. The zero-order chi connectivity index (χ0) is 16.1. The number of rotatable bonds is 6. The molecule has 2 rings (SSSR count). The van der Waals surface area contributed by atoms with E-state index >= 15 is 0 Å². The van der Waals surface area contributed by atoms with Gasteiger partial charge in [0.2, 0.25) is 5.91 Å². The van der Waals surface area contributed by atoms with Crippen LogP contribution in [-0.4, -0.2) is 25.5 Å². The molecule has 2 aromatic heterocycles.